The lowest BCUT2D eigenvalue weighted by atomic mass is 9.95. The van der Waals surface area contributed by atoms with E-state index in [0.717, 1.165) is 0 Å². The number of rotatable bonds is 5. The van der Waals surface area contributed by atoms with E-state index in [-0.39, 0.29) is 28.4 Å². The van der Waals surface area contributed by atoms with Crippen LogP contribution in [0.2, 0.25) is 0 Å². The summed E-state index contributed by atoms with van der Waals surface area (Å²) in [6.45, 7) is 0. The number of hydrogen-bond donors (Lipinski definition) is 1. The van der Waals surface area contributed by atoms with E-state index in [0.29, 0.717) is 11.3 Å². The standard InChI is InChI=1S/C23H17N3O6/c1-32-17-6-4-5-15(13-17)21(27)19-20(14-8-10-16(11-9-14)26(30)31)25(23(29)22(19)28)18-7-2-3-12-24-18/h2-13,20,27H,1H3/b21-19+/t20-/m0/s1. The van der Waals surface area contributed by atoms with Crippen molar-refractivity contribution in [3.05, 3.63) is 99.7 Å². The number of non-ortho nitro benzene ring substituents is 1. The van der Waals surface area contributed by atoms with Gasteiger partial charge in [0.15, 0.2) is 0 Å². The highest BCUT2D eigenvalue weighted by Crippen LogP contribution is 2.42. The summed E-state index contributed by atoms with van der Waals surface area (Å²) in [6.07, 6.45) is 1.48. The lowest BCUT2D eigenvalue weighted by Gasteiger charge is -2.24. The van der Waals surface area contributed by atoms with E-state index in [1.165, 1.54) is 48.5 Å². The van der Waals surface area contributed by atoms with Crippen molar-refractivity contribution in [2.45, 2.75) is 6.04 Å². The minimum absolute atomic E-state index is 0.142. The first kappa shape index (κ1) is 20.7. The van der Waals surface area contributed by atoms with Crippen LogP contribution in [0.1, 0.15) is 17.2 Å². The number of ketones is 1. The summed E-state index contributed by atoms with van der Waals surface area (Å²) < 4.78 is 5.18. The summed E-state index contributed by atoms with van der Waals surface area (Å²) in [5.74, 6) is -1.47. The summed E-state index contributed by atoms with van der Waals surface area (Å²) in [7, 11) is 1.47. The van der Waals surface area contributed by atoms with Gasteiger partial charge in [0.2, 0.25) is 0 Å². The van der Waals surface area contributed by atoms with Crippen LogP contribution >= 0.6 is 0 Å². The molecule has 9 heteroatoms. The number of nitrogens with zero attached hydrogens (tertiary/aromatic N) is 3. The molecule has 9 nitrogen and oxygen atoms in total. The number of amides is 1. The van der Waals surface area contributed by atoms with Gasteiger partial charge in [-0.25, -0.2) is 4.98 Å². The van der Waals surface area contributed by atoms with Gasteiger partial charge in [-0.05, 0) is 42.0 Å². The van der Waals surface area contributed by atoms with Crippen LogP contribution in [-0.4, -0.2) is 33.8 Å². The first-order chi connectivity index (χ1) is 15.4. The average Bonchev–Trinajstić information content (AvgIpc) is 3.09. The summed E-state index contributed by atoms with van der Waals surface area (Å²) in [5.41, 5.74) is 0.402. The second-order valence-corrected chi connectivity index (χ2v) is 6.94. The molecule has 1 amide bonds. The summed E-state index contributed by atoms with van der Waals surface area (Å²) in [4.78, 5) is 41.9. The Labute approximate surface area is 182 Å². The average molecular weight is 431 g/mol. The minimum atomic E-state index is -1.03. The van der Waals surface area contributed by atoms with E-state index in [1.54, 1.807) is 36.4 Å². The van der Waals surface area contributed by atoms with Gasteiger partial charge in [-0.2, -0.15) is 0 Å². The number of nitro benzene ring substituents is 1. The number of ether oxygens (including phenoxy) is 1. The highest BCUT2D eigenvalue weighted by molar-refractivity contribution is 6.51. The van der Waals surface area contributed by atoms with E-state index in [4.69, 9.17) is 4.74 Å². The minimum Gasteiger partial charge on any atom is -0.507 e. The number of aromatic nitrogens is 1. The normalized spacial score (nSPS) is 17.4. The Morgan fingerprint density at radius 3 is 2.47 bits per heavy atom. The van der Waals surface area contributed by atoms with Gasteiger partial charge < -0.3 is 9.84 Å². The van der Waals surface area contributed by atoms with E-state index < -0.39 is 22.7 Å². The highest BCUT2D eigenvalue weighted by Gasteiger charge is 2.47. The van der Waals surface area contributed by atoms with Crippen molar-refractivity contribution >= 4 is 29.0 Å². The summed E-state index contributed by atoms with van der Waals surface area (Å²) >= 11 is 0. The van der Waals surface area contributed by atoms with E-state index in [1.807, 2.05) is 0 Å². The SMILES string of the molecule is COc1cccc(/C(O)=C2\C(=O)C(=O)N(c3ccccn3)[C@H]2c2ccc([N+](=O)[O-])cc2)c1. The van der Waals surface area contributed by atoms with Crippen molar-refractivity contribution in [1.29, 1.82) is 0 Å². The number of hydrogen-bond acceptors (Lipinski definition) is 7. The van der Waals surface area contributed by atoms with Crippen molar-refractivity contribution in [3.63, 3.8) is 0 Å². The molecular formula is C23H17N3O6. The maximum atomic E-state index is 13.0. The first-order valence-electron chi connectivity index (χ1n) is 9.53. The molecule has 4 rings (SSSR count). The van der Waals surface area contributed by atoms with Gasteiger partial charge in [-0.1, -0.05) is 18.2 Å². The number of benzene rings is 2. The molecule has 1 atom stereocenters. The number of pyridine rings is 1. The number of methoxy groups -OCH3 is 1. The molecule has 2 heterocycles. The number of aliphatic hydroxyl groups excluding tert-OH is 1. The van der Waals surface area contributed by atoms with Gasteiger partial charge in [-0.3, -0.25) is 24.6 Å². The van der Waals surface area contributed by atoms with E-state index in [9.17, 15) is 24.8 Å². The van der Waals surface area contributed by atoms with Gasteiger partial charge >= 0.3 is 5.91 Å². The van der Waals surface area contributed by atoms with Crippen LogP contribution in [0.4, 0.5) is 11.5 Å². The molecule has 0 saturated carbocycles. The third-order valence-electron chi connectivity index (χ3n) is 5.10. The molecule has 0 bridgehead atoms. The van der Waals surface area contributed by atoms with Crippen LogP contribution < -0.4 is 9.64 Å². The Kier molecular flexibility index (Phi) is 5.38. The van der Waals surface area contributed by atoms with Gasteiger partial charge in [-0.15, -0.1) is 0 Å². The zero-order valence-corrected chi connectivity index (χ0v) is 16.8. The van der Waals surface area contributed by atoms with Gasteiger partial charge in [0.25, 0.3) is 11.5 Å². The van der Waals surface area contributed by atoms with Gasteiger partial charge in [0.1, 0.15) is 17.3 Å². The fourth-order valence-electron chi connectivity index (χ4n) is 3.58. The summed E-state index contributed by atoms with van der Waals surface area (Å²) in [5, 5.41) is 22.1. The Balaban J connectivity index is 1.93. The molecule has 2 aromatic carbocycles. The van der Waals surface area contributed by atoms with Crippen molar-refractivity contribution < 1.29 is 24.4 Å². The smallest absolute Gasteiger partial charge is 0.301 e. The van der Waals surface area contributed by atoms with Crippen molar-refractivity contribution in [1.82, 2.24) is 4.98 Å². The van der Waals surface area contributed by atoms with Crippen LogP contribution in [0, 0.1) is 10.1 Å². The van der Waals surface area contributed by atoms with Crippen LogP contribution in [-0.2, 0) is 9.59 Å². The quantitative estimate of drug-likeness (QED) is 0.215. The molecule has 0 aliphatic carbocycles. The zero-order chi connectivity index (χ0) is 22.8. The van der Waals surface area contributed by atoms with Crippen LogP contribution in [0.3, 0.4) is 0 Å². The molecule has 1 aromatic heterocycles. The van der Waals surface area contributed by atoms with Gasteiger partial charge in [0, 0.05) is 23.9 Å². The van der Waals surface area contributed by atoms with E-state index in [2.05, 4.69) is 4.98 Å². The zero-order valence-electron chi connectivity index (χ0n) is 16.8. The molecule has 1 aliphatic heterocycles. The maximum Gasteiger partial charge on any atom is 0.301 e. The molecule has 1 aliphatic rings. The molecule has 0 unspecified atom stereocenters. The fourth-order valence-corrected chi connectivity index (χ4v) is 3.58. The predicted molar refractivity (Wildman–Crippen MR) is 115 cm³/mol. The lowest BCUT2D eigenvalue weighted by molar-refractivity contribution is -0.384. The van der Waals surface area contributed by atoms with E-state index >= 15 is 0 Å². The predicted octanol–water partition coefficient (Wildman–Crippen LogP) is 3.62. The monoisotopic (exact) mass is 431 g/mol. The first-order valence-corrected chi connectivity index (χ1v) is 9.53. The van der Waals surface area contributed by atoms with Crippen LogP contribution in [0.5, 0.6) is 5.75 Å². The lowest BCUT2D eigenvalue weighted by Crippen LogP contribution is -2.30. The van der Waals surface area contributed by atoms with Crippen molar-refractivity contribution in [2.24, 2.45) is 0 Å². The second kappa shape index (κ2) is 8.31. The van der Waals surface area contributed by atoms with Crippen molar-refractivity contribution in [3.8, 4) is 5.75 Å². The maximum absolute atomic E-state index is 13.0. The Hall–Kier alpha value is -4.53. The topological polar surface area (TPSA) is 123 Å². The molecule has 3 aromatic rings. The molecular weight excluding hydrogens is 414 g/mol. The number of nitro groups is 1. The summed E-state index contributed by atoms with van der Waals surface area (Å²) in [6, 6.07) is 15.8. The van der Waals surface area contributed by atoms with Crippen LogP contribution in [0.15, 0.2) is 78.5 Å². The molecule has 1 fully saturated rings. The second-order valence-electron chi connectivity index (χ2n) is 6.94. The molecule has 0 spiro atoms. The van der Waals surface area contributed by atoms with Crippen molar-refractivity contribution in [2.75, 3.05) is 12.0 Å². The highest BCUT2D eigenvalue weighted by atomic mass is 16.6. The number of aliphatic hydroxyl groups is 1. The number of carbonyl (C=O) groups is 2. The number of anilines is 1. The number of carbonyl (C=O) groups excluding carboxylic acids is 2. The van der Waals surface area contributed by atoms with Gasteiger partial charge in [0.05, 0.1) is 23.6 Å². The largest absolute Gasteiger partial charge is 0.507 e. The Morgan fingerprint density at radius 2 is 1.84 bits per heavy atom. The third-order valence-corrected chi connectivity index (χ3v) is 5.10. The molecule has 1 N–H and O–H groups in total. The Bertz CT molecular complexity index is 1240. The molecule has 0 radical (unpaired) electrons. The fraction of sp³-hybridized carbons (Fsp3) is 0.0870. The molecule has 160 valence electrons. The molecule has 1 saturated heterocycles. The Morgan fingerprint density at radius 1 is 1.09 bits per heavy atom. The third kappa shape index (κ3) is 3.56. The van der Waals surface area contributed by atoms with Crippen LogP contribution in [0.25, 0.3) is 5.76 Å². The number of Topliss-reactive ketones (excluding diaryl/α,β-unsaturated/α-hetero) is 1. The molecule has 32 heavy (non-hydrogen) atoms.